The van der Waals surface area contributed by atoms with Gasteiger partial charge in [-0.25, -0.2) is 0 Å². The van der Waals surface area contributed by atoms with Crippen molar-refractivity contribution in [2.75, 3.05) is 0 Å². The van der Waals surface area contributed by atoms with Gasteiger partial charge in [0.1, 0.15) is 0 Å². The maximum Gasteiger partial charge on any atom is 0.159 e. The number of rotatable bonds is 4. The fourth-order valence-electron chi connectivity index (χ4n) is 2.04. The summed E-state index contributed by atoms with van der Waals surface area (Å²) < 4.78 is 4.93. The molecule has 104 valence electrons. The van der Waals surface area contributed by atoms with Gasteiger partial charge in [0, 0.05) is 5.22 Å². The van der Waals surface area contributed by atoms with E-state index in [1.165, 1.54) is 16.7 Å². The molecule has 0 saturated carbocycles. The van der Waals surface area contributed by atoms with Crippen molar-refractivity contribution >= 4 is 12.7 Å². The molecule has 2 aromatic rings. The highest BCUT2D eigenvalue weighted by molar-refractivity contribution is 5.39. The highest BCUT2D eigenvalue weighted by atomic mass is 16.5. The monoisotopic (exact) mass is 267 g/mol. The number of benzene rings is 1. The van der Waals surface area contributed by atoms with E-state index in [9.17, 15) is 0 Å². The number of hydrogen-bond acceptors (Lipinski definition) is 2. The first-order valence-electron chi connectivity index (χ1n) is 6.92. The van der Waals surface area contributed by atoms with Gasteiger partial charge in [0.15, 0.2) is 5.42 Å². The van der Waals surface area contributed by atoms with Crippen LogP contribution in [-0.4, -0.2) is 5.16 Å². The summed E-state index contributed by atoms with van der Waals surface area (Å²) in [5.74, 6) is 0.582. The van der Waals surface area contributed by atoms with E-state index in [4.69, 9.17) is 4.52 Å². The predicted octanol–water partition coefficient (Wildman–Crippen LogP) is 3.18. The third kappa shape index (κ3) is 3.70. The molecule has 2 rings (SSSR count). The second-order valence-electron chi connectivity index (χ2n) is 5.46. The normalized spacial score (nSPS) is 13.2. The Bertz CT molecular complexity index is 690. The van der Waals surface area contributed by atoms with Crippen LogP contribution in [0.25, 0.3) is 12.7 Å². The largest absolute Gasteiger partial charge is 0.357 e. The van der Waals surface area contributed by atoms with Gasteiger partial charge in [-0.1, -0.05) is 61.5 Å². The zero-order valence-corrected chi connectivity index (χ0v) is 12.4. The molecule has 2 nitrogen and oxygen atoms in total. The topological polar surface area (TPSA) is 26.0 Å². The van der Waals surface area contributed by atoms with Crippen LogP contribution in [0.2, 0.25) is 0 Å². The highest BCUT2D eigenvalue weighted by Crippen LogP contribution is 2.16. The zero-order chi connectivity index (χ0) is 14.5. The van der Waals surface area contributed by atoms with E-state index in [-0.39, 0.29) is 0 Å². The van der Waals surface area contributed by atoms with Crippen molar-refractivity contribution in [3.8, 4) is 0 Å². The van der Waals surface area contributed by atoms with Crippen molar-refractivity contribution in [3.05, 3.63) is 63.9 Å². The fourth-order valence-corrected chi connectivity index (χ4v) is 2.04. The zero-order valence-electron chi connectivity index (χ0n) is 12.4. The van der Waals surface area contributed by atoms with E-state index in [1.807, 2.05) is 6.08 Å². The molecule has 2 heteroatoms. The third-order valence-corrected chi connectivity index (χ3v) is 3.35. The van der Waals surface area contributed by atoms with Crippen LogP contribution in [0.15, 0.2) is 46.6 Å². The van der Waals surface area contributed by atoms with Gasteiger partial charge in [0.05, 0.1) is 6.20 Å². The molecule has 20 heavy (non-hydrogen) atoms. The second-order valence-corrected chi connectivity index (χ2v) is 5.46. The van der Waals surface area contributed by atoms with Crippen LogP contribution in [-0.2, 0) is 6.42 Å². The van der Waals surface area contributed by atoms with Crippen LogP contribution >= 0.6 is 0 Å². The molecular weight excluding hydrogens is 246 g/mol. The quantitative estimate of drug-likeness (QED) is 0.850. The lowest BCUT2D eigenvalue weighted by Crippen LogP contribution is -2.16. The van der Waals surface area contributed by atoms with E-state index in [2.05, 4.69) is 62.8 Å². The Morgan fingerprint density at radius 1 is 1.30 bits per heavy atom. The fraction of sp³-hybridized carbons (Fsp3) is 0.278. The van der Waals surface area contributed by atoms with Crippen LogP contribution in [0, 0.1) is 0 Å². The van der Waals surface area contributed by atoms with Crippen LogP contribution in [0.4, 0.5) is 0 Å². The first-order chi connectivity index (χ1) is 9.56. The Morgan fingerprint density at radius 3 is 2.55 bits per heavy atom. The van der Waals surface area contributed by atoms with E-state index >= 15 is 0 Å². The van der Waals surface area contributed by atoms with Crippen LogP contribution in [0.3, 0.4) is 0 Å². The summed E-state index contributed by atoms with van der Waals surface area (Å²) in [5.41, 5.74) is 4.61. The molecule has 0 atom stereocenters. The molecule has 1 heterocycles. The molecule has 0 aliphatic carbocycles. The van der Waals surface area contributed by atoms with Crippen LogP contribution in [0.1, 0.15) is 37.8 Å². The Hall–Kier alpha value is -2.09. The summed E-state index contributed by atoms with van der Waals surface area (Å²) in [5, 5.41) is 4.64. The summed E-state index contributed by atoms with van der Waals surface area (Å²) in [7, 11) is 0. The van der Waals surface area contributed by atoms with Crippen molar-refractivity contribution in [2.45, 2.75) is 33.1 Å². The molecule has 1 aromatic heterocycles. The Kier molecular flexibility index (Phi) is 4.57. The van der Waals surface area contributed by atoms with Crippen molar-refractivity contribution < 1.29 is 4.52 Å². The molecule has 0 radical (unpaired) electrons. The average molecular weight is 267 g/mol. The Morgan fingerprint density at radius 2 is 2.00 bits per heavy atom. The molecule has 0 bridgehead atoms. The number of hydrogen-bond donors (Lipinski definition) is 0. The molecule has 0 aliphatic heterocycles. The average Bonchev–Trinajstić information content (AvgIpc) is 2.82. The van der Waals surface area contributed by atoms with Crippen LogP contribution in [0.5, 0.6) is 0 Å². The van der Waals surface area contributed by atoms with E-state index < -0.39 is 0 Å². The van der Waals surface area contributed by atoms with E-state index in [1.54, 1.807) is 6.20 Å². The molecule has 1 aromatic carbocycles. The minimum atomic E-state index is 0.582. The van der Waals surface area contributed by atoms with Gasteiger partial charge in [0.2, 0.25) is 0 Å². The highest BCUT2D eigenvalue weighted by Gasteiger charge is 1.99. The molecule has 0 N–H and O–H groups in total. The molecular formula is C18H21NO. The van der Waals surface area contributed by atoms with Crippen LogP contribution < -0.4 is 10.6 Å². The summed E-state index contributed by atoms with van der Waals surface area (Å²) in [6, 6.07) is 8.84. The number of aromatic nitrogens is 1. The first-order valence-corrected chi connectivity index (χ1v) is 6.92. The Balaban J connectivity index is 2.10. The van der Waals surface area contributed by atoms with Crippen molar-refractivity contribution in [3.63, 3.8) is 0 Å². The lowest BCUT2D eigenvalue weighted by Gasteiger charge is -2.07. The molecule has 0 amide bonds. The number of nitrogens with zero attached hydrogens (tertiary/aromatic N) is 1. The van der Waals surface area contributed by atoms with Gasteiger partial charge >= 0.3 is 0 Å². The molecule has 0 spiro atoms. The summed E-state index contributed by atoms with van der Waals surface area (Å²) in [6.07, 6.45) is 6.73. The summed E-state index contributed by atoms with van der Waals surface area (Å²) in [6.45, 7) is 10.3. The lowest BCUT2D eigenvalue weighted by molar-refractivity contribution is 0.395. The van der Waals surface area contributed by atoms with E-state index in [0.717, 1.165) is 11.6 Å². The summed E-state index contributed by atoms with van der Waals surface area (Å²) in [4.78, 5) is 0. The molecule has 0 unspecified atom stereocenters. The molecule has 0 saturated heterocycles. The maximum absolute atomic E-state index is 4.93. The smallest absolute Gasteiger partial charge is 0.159 e. The van der Waals surface area contributed by atoms with Crippen molar-refractivity contribution in [1.82, 2.24) is 5.16 Å². The molecule has 0 fully saturated rings. The maximum atomic E-state index is 4.93. The van der Waals surface area contributed by atoms with E-state index in [0.29, 0.717) is 11.3 Å². The van der Waals surface area contributed by atoms with Gasteiger partial charge in [-0.2, -0.15) is 0 Å². The van der Waals surface area contributed by atoms with Crippen molar-refractivity contribution in [2.24, 2.45) is 0 Å². The van der Waals surface area contributed by atoms with Gasteiger partial charge in [-0.3, -0.25) is 0 Å². The third-order valence-electron chi connectivity index (χ3n) is 3.35. The van der Waals surface area contributed by atoms with Gasteiger partial charge in [-0.15, -0.1) is 0 Å². The minimum absolute atomic E-state index is 0.582. The van der Waals surface area contributed by atoms with Gasteiger partial charge in [0.25, 0.3) is 0 Å². The Labute approximate surface area is 120 Å². The number of allylic oxidation sites excluding steroid dienone is 2. The SMILES string of the molecule is C=c1onc/c1=C/C=C(\C)Cc1ccc(C(C)C)cc1. The lowest BCUT2D eigenvalue weighted by atomic mass is 9.99. The van der Waals surface area contributed by atoms with Gasteiger partial charge in [-0.05, 0) is 36.5 Å². The standard InChI is InChI=1S/C18H21NO/c1-13(2)17-9-6-16(7-10-17)11-14(3)5-8-18-12-19-20-15(18)4/h5-10,12-13H,4,11H2,1-3H3/b14-5+,18-8-. The van der Waals surface area contributed by atoms with Gasteiger partial charge < -0.3 is 4.52 Å². The van der Waals surface area contributed by atoms with Crippen molar-refractivity contribution in [1.29, 1.82) is 0 Å². The second kappa shape index (κ2) is 6.38. The predicted molar refractivity (Wildman–Crippen MR) is 83.7 cm³/mol. The summed E-state index contributed by atoms with van der Waals surface area (Å²) >= 11 is 0. The first kappa shape index (κ1) is 14.3. The minimum Gasteiger partial charge on any atom is -0.357 e. The molecule has 0 aliphatic rings.